The predicted molar refractivity (Wildman–Crippen MR) is 119 cm³/mol. The number of ether oxygens (including phenoxy) is 1. The molecule has 6 rings (SSSR count). The van der Waals surface area contributed by atoms with Crippen molar-refractivity contribution in [1.29, 1.82) is 0 Å². The third-order valence-electron chi connectivity index (χ3n) is 6.20. The lowest BCUT2D eigenvalue weighted by molar-refractivity contribution is -0.119. The van der Waals surface area contributed by atoms with Crippen LogP contribution in [-0.2, 0) is 4.79 Å². The molecule has 0 saturated carbocycles. The Hall–Kier alpha value is -3.95. The molecule has 4 heterocycles. The largest absolute Gasteiger partial charge is 0.491 e. The van der Waals surface area contributed by atoms with Gasteiger partial charge in [-0.1, -0.05) is 0 Å². The SMILES string of the molecule is NC(=O)[C@@H]1CCCN1c1cc2c3c(c(-c4ccc5oc(N)nc5c4)[nH]c3c1F)NCCO2. The molecule has 9 nitrogen and oxygen atoms in total. The summed E-state index contributed by atoms with van der Waals surface area (Å²) in [5.41, 5.74) is 15.3. The summed E-state index contributed by atoms with van der Waals surface area (Å²) < 4.78 is 27.2. The number of amides is 1. The number of aromatic amines is 1. The van der Waals surface area contributed by atoms with Crippen LogP contribution in [0.25, 0.3) is 33.3 Å². The summed E-state index contributed by atoms with van der Waals surface area (Å²) in [5, 5.41) is 3.99. The lowest BCUT2D eigenvalue weighted by Gasteiger charge is -2.25. The number of aromatic nitrogens is 2. The Balaban J connectivity index is 1.57. The number of H-pyrrole nitrogens is 1. The number of halogens is 1. The molecule has 4 aromatic rings. The monoisotopic (exact) mass is 436 g/mol. The average Bonchev–Trinajstić information content (AvgIpc) is 3.45. The maximum atomic E-state index is 15.8. The average molecular weight is 436 g/mol. The molecular formula is C22H21FN6O3. The van der Waals surface area contributed by atoms with Crippen LogP contribution in [0.2, 0.25) is 0 Å². The molecule has 1 fully saturated rings. The molecule has 2 aliphatic heterocycles. The van der Waals surface area contributed by atoms with E-state index in [1.165, 1.54) is 0 Å². The number of benzene rings is 2. The number of anilines is 3. The van der Waals surface area contributed by atoms with E-state index in [9.17, 15) is 4.79 Å². The minimum absolute atomic E-state index is 0.0889. The summed E-state index contributed by atoms with van der Waals surface area (Å²) >= 11 is 0. The zero-order valence-electron chi connectivity index (χ0n) is 17.1. The second-order valence-electron chi connectivity index (χ2n) is 8.10. The van der Waals surface area contributed by atoms with Crippen LogP contribution in [-0.4, -0.2) is 41.6 Å². The highest BCUT2D eigenvalue weighted by Crippen LogP contribution is 2.46. The molecule has 2 aromatic carbocycles. The van der Waals surface area contributed by atoms with Gasteiger partial charge in [0.05, 0.1) is 28.0 Å². The van der Waals surface area contributed by atoms with Gasteiger partial charge in [-0.2, -0.15) is 4.98 Å². The molecule has 6 N–H and O–H groups in total. The van der Waals surface area contributed by atoms with Gasteiger partial charge in [-0.15, -0.1) is 0 Å². The molecule has 32 heavy (non-hydrogen) atoms. The first-order valence-electron chi connectivity index (χ1n) is 10.5. The van der Waals surface area contributed by atoms with Crippen molar-refractivity contribution >= 4 is 45.3 Å². The van der Waals surface area contributed by atoms with Gasteiger partial charge in [-0.3, -0.25) is 4.79 Å². The van der Waals surface area contributed by atoms with E-state index in [1.807, 2.05) is 12.1 Å². The van der Waals surface area contributed by atoms with Crippen LogP contribution in [0.5, 0.6) is 5.75 Å². The highest BCUT2D eigenvalue weighted by molar-refractivity contribution is 6.07. The molecule has 1 amide bonds. The van der Waals surface area contributed by atoms with Crippen molar-refractivity contribution in [3.8, 4) is 17.0 Å². The molecule has 0 bridgehead atoms. The molecule has 10 heteroatoms. The van der Waals surface area contributed by atoms with Crippen molar-refractivity contribution in [2.24, 2.45) is 5.73 Å². The van der Waals surface area contributed by atoms with Gasteiger partial charge in [-0.25, -0.2) is 4.39 Å². The smallest absolute Gasteiger partial charge is 0.292 e. The van der Waals surface area contributed by atoms with Crippen molar-refractivity contribution in [2.75, 3.05) is 35.6 Å². The summed E-state index contributed by atoms with van der Waals surface area (Å²) in [7, 11) is 0. The van der Waals surface area contributed by atoms with Crippen molar-refractivity contribution in [2.45, 2.75) is 18.9 Å². The predicted octanol–water partition coefficient (Wildman–Crippen LogP) is 2.96. The van der Waals surface area contributed by atoms with E-state index in [0.717, 1.165) is 17.7 Å². The third-order valence-corrected chi connectivity index (χ3v) is 6.20. The normalized spacial score (nSPS) is 18.0. The quantitative estimate of drug-likeness (QED) is 0.388. The molecule has 0 radical (unpaired) electrons. The van der Waals surface area contributed by atoms with Crippen LogP contribution in [0.1, 0.15) is 12.8 Å². The summed E-state index contributed by atoms with van der Waals surface area (Å²) in [4.78, 5) is 21.1. The van der Waals surface area contributed by atoms with E-state index < -0.39 is 17.8 Å². The van der Waals surface area contributed by atoms with Crippen LogP contribution in [0.15, 0.2) is 28.7 Å². The number of hydrogen-bond donors (Lipinski definition) is 4. The third kappa shape index (κ3) is 2.68. The second-order valence-corrected chi connectivity index (χ2v) is 8.10. The number of carbonyl (C=O) groups excluding carboxylic acids is 1. The van der Waals surface area contributed by atoms with Crippen LogP contribution in [0, 0.1) is 5.82 Å². The van der Waals surface area contributed by atoms with E-state index in [4.69, 9.17) is 20.6 Å². The number of primary amides is 1. The molecule has 0 unspecified atom stereocenters. The Labute approximate surface area is 181 Å². The summed E-state index contributed by atoms with van der Waals surface area (Å²) in [6.45, 7) is 1.53. The maximum Gasteiger partial charge on any atom is 0.292 e. The van der Waals surface area contributed by atoms with Gasteiger partial charge < -0.3 is 35.8 Å². The molecule has 0 spiro atoms. The topological polar surface area (TPSA) is 135 Å². The number of nitrogen functional groups attached to an aromatic ring is 1. The van der Waals surface area contributed by atoms with Gasteiger partial charge in [0.1, 0.15) is 23.9 Å². The molecule has 0 aliphatic carbocycles. The van der Waals surface area contributed by atoms with Gasteiger partial charge in [0, 0.05) is 24.7 Å². The Morgan fingerprint density at radius 2 is 2.19 bits per heavy atom. The molecule has 2 aliphatic rings. The van der Waals surface area contributed by atoms with E-state index in [1.54, 1.807) is 17.0 Å². The number of nitrogens with zero attached hydrogens (tertiary/aromatic N) is 2. The lowest BCUT2D eigenvalue weighted by Crippen LogP contribution is -2.40. The molecular weight excluding hydrogens is 415 g/mol. The lowest BCUT2D eigenvalue weighted by atomic mass is 10.1. The number of oxazole rings is 1. The van der Waals surface area contributed by atoms with E-state index in [-0.39, 0.29) is 6.01 Å². The number of fused-ring (bicyclic) bond motifs is 1. The first kappa shape index (κ1) is 18.8. The first-order chi connectivity index (χ1) is 15.5. The molecule has 2 aromatic heterocycles. The van der Waals surface area contributed by atoms with Crippen LogP contribution < -0.4 is 26.4 Å². The highest BCUT2D eigenvalue weighted by Gasteiger charge is 2.33. The summed E-state index contributed by atoms with van der Waals surface area (Å²) in [5.74, 6) is -0.340. The summed E-state index contributed by atoms with van der Waals surface area (Å²) in [6.07, 6.45) is 1.37. The van der Waals surface area contributed by atoms with Crippen LogP contribution >= 0.6 is 0 Å². The molecule has 1 saturated heterocycles. The number of nitrogens with two attached hydrogens (primary N) is 2. The maximum absolute atomic E-state index is 15.8. The Morgan fingerprint density at radius 3 is 3.03 bits per heavy atom. The van der Waals surface area contributed by atoms with Crippen molar-refractivity contribution in [1.82, 2.24) is 9.97 Å². The van der Waals surface area contributed by atoms with Gasteiger partial charge >= 0.3 is 0 Å². The number of carbonyl (C=O) groups is 1. The van der Waals surface area contributed by atoms with Crippen molar-refractivity contribution < 1.29 is 18.3 Å². The van der Waals surface area contributed by atoms with Gasteiger partial charge in [0.25, 0.3) is 6.01 Å². The van der Waals surface area contributed by atoms with E-state index in [2.05, 4.69) is 15.3 Å². The Bertz CT molecular complexity index is 1390. The number of rotatable bonds is 3. The standard InChI is InChI=1S/C22H21FN6O3/c23-17-13(29-6-1-2-12(29)21(24)30)9-15-16-19(17)28-18(20(16)26-5-7-31-15)10-3-4-14-11(8-10)27-22(25)32-14/h3-4,8-9,12,26,28H,1-2,5-7H2,(H2,24,30)(H2,25,27)/t12-/m0/s1. The van der Waals surface area contributed by atoms with Crippen molar-refractivity contribution in [3.63, 3.8) is 0 Å². The van der Waals surface area contributed by atoms with Crippen molar-refractivity contribution in [3.05, 3.63) is 30.1 Å². The van der Waals surface area contributed by atoms with Crippen LogP contribution in [0.3, 0.4) is 0 Å². The minimum Gasteiger partial charge on any atom is -0.491 e. The first-order valence-corrected chi connectivity index (χ1v) is 10.5. The minimum atomic E-state index is -0.535. The van der Waals surface area contributed by atoms with Gasteiger partial charge in [-0.05, 0) is 31.0 Å². The zero-order valence-corrected chi connectivity index (χ0v) is 17.1. The fourth-order valence-corrected chi connectivity index (χ4v) is 4.80. The van der Waals surface area contributed by atoms with E-state index in [0.29, 0.717) is 65.3 Å². The molecule has 1 atom stereocenters. The number of hydrogen-bond acceptors (Lipinski definition) is 7. The number of nitrogens with one attached hydrogen (secondary N) is 2. The highest BCUT2D eigenvalue weighted by atomic mass is 19.1. The van der Waals surface area contributed by atoms with Gasteiger partial charge in [0.15, 0.2) is 11.4 Å². The fourth-order valence-electron chi connectivity index (χ4n) is 4.80. The fraction of sp³-hybridized carbons (Fsp3) is 0.273. The summed E-state index contributed by atoms with van der Waals surface area (Å²) in [6, 6.07) is 6.71. The Morgan fingerprint density at radius 1 is 1.31 bits per heavy atom. The van der Waals surface area contributed by atoms with E-state index >= 15 is 4.39 Å². The zero-order chi connectivity index (χ0) is 22.0. The Kier molecular flexibility index (Phi) is 3.98. The second kappa shape index (κ2) is 6.78. The molecule has 164 valence electrons. The van der Waals surface area contributed by atoms with Crippen LogP contribution in [0.4, 0.5) is 21.8 Å². The van der Waals surface area contributed by atoms with Gasteiger partial charge in [0.2, 0.25) is 5.91 Å².